The molecule has 0 radical (unpaired) electrons. The number of nitrogens with one attached hydrogen (secondary N) is 1. The van der Waals surface area contributed by atoms with E-state index >= 15 is 0 Å². The molecule has 2 aliphatic heterocycles. The minimum Gasteiger partial charge on any atom is -0.383 e. The number of carbonyl (C=O) groups is 1. The lowest BCUT2D eigenvalue weighted by molar-refractivity contribution is 0.0940. The van der Waals surface area contributed by atoms with Crippen molar-refractivity contribution in [3.63, 3.8) is 0 Å². The summed E-state index contributed by atoms with van der Waals surface area (Å²) in [5.41, 5.74) is 11.2. The molecule has 1 saturated heterocycles. The first kappa shape index (κ1) is 20.4. The lowest BCUT2D eigenvalue weighted by Gasteiger charge is -2.23. The summed E-state index contributed by atoms with van der Waals surface area (Å²) in [6.07, 6.45) is 1.31. The molecule has 3 aromatic rings. The van der Waals surface area contributed by atoms with Crippen molar-refractivity contribution in [1.29, 1.82) is 0 Å². The predicted octanol–water partition coefficient (Wildman–Crippen LogP) is 4.74. The molecule has 1 amide bonds. The van der Waals surface area contributed by atoms with Gasteiger partial charge in [-0.25, -0.2) is 4.98 Å². The number of hydrogen-bond donors (Lipinski definition) is 2. The van der Waals surface area contributed by atoms with E-state index in [1.165, 1.54) is 12.0 Å². The van der Waals surface area contributed by atoms with Gasteiger partial charge in [0.1, 0.15) is 5.82 Å². The highest BCUT2D eigenvalue weighted by Gasteiger charge is 2.51. The largest absolute Gasteiger partial charge is 0.383 e. The van der Waals surface area contributed by atoms with E-state index in [2.05, 4.69) is 34.4 Å². The molecule has 1 unspecified atom stereocenters. The van der Waals surface area contributed by atoms with Gasteiger partial charge in [-0.15, -0.1) is 0 Å². The first-order valence-corrected chi connectivity index (χ1v) is 11.5. The fourth-order valence-corrected chi connectivity index (χ4v) is 5.82. The van der Waals surface area contributed by atoms with Gasteiger partial charge in [-0.1, -0.05) is 30.3 Å². The first-order valence-electron chi connectivity index (χ1n) is 11.5. The molecule has 168 valence electrons. The van der Waals surface area contributed by atoms with E-state index in [1.807, 2.05) is 38.1 Å². The molecule has 1 saturated carbocycles. The van der Waals surface area contributed by atoms with Gasteiger partial charge in [-0.3, -0.25) is 9.69 Å². The first-order chi connectivity index (χ1) is 15.7. The maximum atomic E-state index is 14.9. The average Bonchev–Trinajstić information content (AvgIpc) is 3.37. The van der Waals surface area contributed by atoms with Crippen molar-refractivity contribution in [3.05, 3.63) is 71.2 Å². The van der Waals surface area contributed by atoms with Gasteiger partial charge in [-0.05, 0) is 79.6 Å². The molecule has 2 aromatic carbocycles. The van der Waals surface area contributed by atoms with Gasteiger partial charge in [0, 0.05) is 29.3 Å². The second-order valence-electron chi connectivity index (χ2n) is 10.3. The van der Waals surface area contributed by atoms with Gasteiger partial charge in [-0.2, -0.15) is 4.39 Å². The van der Waals surface area contributed by atoms with Crippen molar-refractivity contribution in [3.8, 4) is 22.3 Å². The van der Waals surface area contributed by atoms with Gasteiger partial charge in [0.2, 0.25) is 5.95 Å². The van der Waals surface area contributed by atoms with Crippen LogP contribution in [-0.4, -0.2) is 29.4 Å². The number of nitrogens with two attached hydrogens (primary N) is 1. The van der Waals surface area contributed by atoms with E-state index in [1.54, 1.807) is 12.1 Å². The highest BCUT2D eigenvalue weighted by Crippen LogP contribution is 2.55. The van der Waals surface area contributed by atoms with E-state index in [0.29, 0.717) is 22.7 Å². The second kappa shape index (κ2) is 6.87. The highest BCUT2D eigenvalue weighted by atomic mass is 19.1. The molecule has 6 rings (SSSR count). The minimum absolute atomic E-state index is 0.0852. The summed E-state index contributed by atoms with van der Waals surface area (Å²) in [5.74, 6) is 1.06. The zero-order valence-electron chi connectivity index (χ0n) is 19.0. The summed E-state index contributed by atoms with van der Waals surface area (Å²) >= 11 is 0. The number of anilines is 1. The molecular formula is C27H27FN4O. The minimum atomic E-state index is -0.581. The van der Waals surface area contributed by atoms with E-state index in [0.717, 1.165) is 35.1 Å². The Morgan fingerprint density at radius 2 is 1.79 bits per heavy atom. The molecule has 2 fully saturated rings. The average molecular weight is 443 g/mol. The number of piperidine rings is 1. The van der Waals surface area contributed by atoms with Crippen LogP contribution in [0.3, 0.4) is 0 Å². The number of aromatic nitrogens is 1. The number of halogens is 1. The summed E-state index contributed by atoms with van der Waals surface area (Å²) < 4.78 is 14.9. The van der Waals surface area contributed by atoms with Crippen LogP contribution in [0, 0.1) is 17.8 Å². The quantitative estimate of drug-likeness (QED) is 0.575. The number of pyridine rings is 1. The van der Waals surface area contributed by atoms with Crippen LogP contribution < -0.4 is 11.1 Å². The van der Waals surface area contributed by atoms with Crippen molar-refractivity contribution in [1.82, 2.24) is 15.2 Å². The van der Waals surface area contributed by atoms with E-state index in [-0.39, 0.29) is 11.7 Å². The molecule has 33 heavy (non-hydrogen) atoms. The normalized spacial score (nSPS) is 25.0. The third-order valence-corrected chi connectivity index (χ3v) is 7.62. The highest BCUT2D eigenvalue weighted by molar-refractivity contribution is 6.00. The van der Waals surface area contributed by atoms with Crippen molar-refractivity contribution in [2.24, 2.45) is 11.8 Å². The van der Waals surface area contributed by atoms with Crippen LogP contribution in [-0.2, 0) is 5.54 Å². The molecule has 3 aliphatic rings. The Kier molecular flexibility index (Phi) is 4.24. The summed E-state index contributed by atoms with van der Waals surface area (Å²) in [4.78, 5) is 18.7. The zero-order valence-corrected chi connectivity index (χ0v) is 19.0. The maximum absolute atomic E-state index is 14.9. The molecule has 1 aliphatic carbocycles. The van der Waals surface area contributed by atoms with Gasteiger partial charge in [0.15, 0.2) is 0 Å². The number of nitrogen functional groups attached to an aromatic ring is 1. The molecule has 0 bridgehead atoms. The third-order valence-electron chi connectivity index (χ3n) is 7.62. The van der Waals surface area contributed by atoms with Gasteiger partial charge in [0.25, 0.3) is 5.91 Å². The van der Waals surface area contributed by atoms with Crippen LogP contribution in [0.25, 0.3) is 22.3 Å². The lowest BCUT2D eigenvalue weighted by atomic mass is 9.90. The van der Waals surface area contributed by atoms with Crippen LogP contribution in [0.2, 0.25) is 0 Å². The summed E-state index contributed by atoms with van der Waals surface area (Å²) in [7, 11) is 2.18. The Hall–Kier alpha value is -3.25. The number of carbonyl (C=O) groups excluding carboxylic acids is 1. The van der Waals surface area contributed by atoms with Crippen LogP contribution in [0.4, 0.5) is 10.2 Å². The van der Waals surface area contributed by atoms with Crippen molar-refractivity contribution < 1.29 is 9.18 Å². The number of rotatable bonds is 3. The maximum Gasteiger partial charge on any atom is 0.252 e. The number of benzene rings is 2. The molecule has 3 atom stereocenters. The summed E-state index contributed by atoms with van der Waals surface area (Å²) in [6.45, 7) is 5.09. The topological polar surface area (TPSA) is 71.2 Å². The Balaban J connectivity index is 1.38. The number of nitrogens with zero attached hydrogens (tertiary/aromatic N) is 2. The van der Waals surface area contributed by atoms with E-state index < -0.39 is 11.5 Å². The second-order valence-corrected chi connectivity index (χ2v) is 10.3. The smallest absolute Gasteiger partial charge is 0.252 e. The fraction of sp³-hybridized carbons (Fsp3) is 0.333. The molecular weight excluding hydrogens is 415 g/mol. The lowest BCUT2D eigenvalue weighted by Crippen LogP contribution is -2.32. The number of amides is 1. The van der Waals surface area contributed by atoms with Gasteiger partial charge >= 0.3 is 0 Å². The van der Waals surface area contributed by atoms with Gasteiger partial charge < -0.3 is 11.1 Å². The summed E-state index contributed by atoms with van der Waals surface area (Å²) in [6, 6.07) is 16.0. The van der Waals surface area contributed by atoms with Gasteiger partial charge in [0.05, 0.1) is 5.54 Å². The Labute approximate surface area is 192 Å². The van der Waals surface area contributed by atoms with E-state index in [4.69, 9.17) is 5.73 Å². The molecule has 3 N–H and O–H groups in total. The molecule has 1 aromatic heterocycles. The third kappa shape index (κ3) is 3.16. The zero-order chi connectivity index (χ0) is 23.1. The Morgan fingerprint density at radius 3 is 2.48 bits per heavy atom. The van der Waals surface area contributed by atoms with Crippen LogP contribution in [0.15, 0.2) is 48.5 Å². The molecule has 5 nitrogen and oxygen atoms in total. The molecule has 6 heteroatoms. The van der Waals surface area contributed by atoms with Crippen molar-refractivity contribution in [2.75, 3.05) is 19.3 Å². The predicted molar refractivity (Wildman–Crippen MR) is 127 cm³/mol. The summed E-state index contributed by atoms with van der Waals surface area (Å²) in [5, 5.41) is 2.99. The fourth-order valence-electron chi connectivity index (χ4n) is 5.82. The Bertz CT molecular complexity index is 1300. The van der Waals surface area contributed by atoms with Crippen LogP contribution in [0.1, 0.15) is 47.8 Å². The van der Waals surface area contributed by atoms with Crippen LogP contribution in [0.5, 0.6) is 0 Å². The molecule has 0 spiro atoms. The Morgan fingerprint density at radius 1 is 1.06 bits per heavy atom. The standard InChI is InChI=1S/C27H27FN4O/c1-27(2)22-11-16(8-9-18(22)26(33)31-27)21-12-20(24(28)30-25(21)29)14-4-6-15(7-5-14)23-19-10-17(19)13-32(23)3/h4-9,11-12,17,19,23H,10,13H2,1-3H3,(H2,29,30)(H,31,33)/t17-,19?,23+/m1/s1. The monoisotopic (exact) mass is 442 g/mol. The number of likely N-dealkylation sites (tertiary alicyclic amines) is 1. The molecule has 3 heterocycles. The van der Waals surface area contributed by atoms with Crippen LogP contribution >= 0.6 is 0 Å². The van der Waals surface area contributed by atoms with E-state index in [9.17, 15) is 9.18 Å². The number of hydrogen-bond acceptors (Lipinski definition) is 4. The van der Waals surface area contributed by atoms with Crippen molar-refractivity contribution in [2.45, 2.75) is 31.8 Å². The SMILES string of the molecule is CN1C[C@H]2CC2[C@@H]1c1ccc(-c2cc(-c3ccc4c(c3)C(C)(C)NC4=O)c(N)nc2F)cc1. The van der Waals surface area contributed by atoms with Crippen molar-refractivity contribution >= 4 is 11.7 Å². The number of fused-ring (bicyclic) bond motifs is 2.